The van der Waals surface area contributed by atoms with Crippen LogP contribution in [0.3, 0.4) is 0 Å². The van der Waals surface area contributed by atoms with Gasteiger partial charge in [0.15, 0.2) is 0 Å². The summed E-state index contributed by atoms with van der Waals surface area (Å²) >= 11 is 0. The molecule has 0 aliphatic rings. The molecular weight excluding hydrogens is 200 g/mol. The lowest BCUT2D eigenvalue weighted by Crippen LogP contribution is -2.19. The second-order valence-corrected chi connectivity index (χ2v) is 3.91. The van der Waals surface area contributed by atoms with Crippen molar-refractivity contribution in [3.05, 3.63) is 36.1 Å². The van der Waals surface area contributed by atoms with Crippen molar-refractivity contribution in [2.45, 2.75) is 13.5 Å². The molecule has 0 aliphatic carbocycles. The molecular formula is C13H14N2O. The molecule has 3 heteroatoms. The summed E-state index contributed by atoms with van der Waals surface area (Å²) in [6, 6.07) is 12.1. The van der Waals surface area contributed by atoms with Crippen LogP contribution in [0.4, 0.5) is 0 Å². The average Bonchev–Trinajstić information content (AvgIpc) is 2.71. The first kappa shape index (κ1) is 10.7. The van der Waals surface area contributed by atoms with Crippen molar-refractivity contribution in [2.24, 2.45) is 5.92 Å². The van der Waals surface area contributed by atoms with Crippen LogP contribution in [0.25, 0.3) is 11.0 Å². The Hall–Kier alpha value is -1.79. The molecule has 0 radical (unpaired) electrons. The molecule has 1 N–H and O–H groups in total. The van der Waals surface area contributed by atoms with E-state index in [1.54, 1.807) is 0 Å². The zero-order valence-corrected chi connectivity index (χ0v) is 9.23. The lowest BCUT2D eigenvalue weighted by atomic mass is 10.2. The Balaban J connectivity index is 1.97. The lowest BCUT2D eigenvalue weighted by Gasteiger charge is -2.02. The van der Waals surface area contributed by atoms with E-state index in [-0.39, 0.29) is 5.92 Å². The monoisotopic (exact) mass is 214 g/mol. The summed E-state index contributed by atoms with van der Waals surface area (Å²) in [6.45, 7) is 3.25. The maximum Gasteiger partial charge on any atom is 0.134 e. The van der Waals surface area contributed by atoms with Gasteiger partial charge in [-0.2, -0.15) is 5.26 Å². The minimum atomic E-state index is 0.0318. The fourth-order valence-corrected chi connectivity index (χ4v) is 1.58. The molecule has 3 nitrogen and oxygen atoms in total. The van der Waals surface area contributed by atoms with Gasteiger partial charge in [0.2, 0.25) is 0 Å². The summed E-state index contributed by atoms with van der Waals surface area (Å²) in [7, 11) is 0. The van der Waals surface area contributed by atoms with Crippen LogP contribution in [0.5, 0.6) is 0 Å². The number of furan rings is 1. The molecule has 0 amide bonds. The van der Waals surface area contributed by atoms with Crippen molar-refractivity contribution < 1.29 is 4.42 Å². The van der Waals surface area contributed by atoms with Gasteiger partial charge in [-0.3, -0.25) is 0 Å². The first-order valence-electron chi connectivity index (χ1n) is 5.37. The number of rotatable bonds is 4. The van der Waals surface area contributed by atoms with Gasteiger partial charge in [0.1, 0.15) is 11.3 Å². The molecule has 0 saturated heterocycles. The number of nitriles is 1. The van der Waals surface area contributed by atoms with E-state index in [1.165, 1.54) is 0 Å². The molecule has 82 valence electrons. The Bertz CT molecular complexity index is 477. The smallest absolute Gasteiger partial charge is 0.134 e. The third-order valence-electron chi connectivity index (χ3n) is 2.45. The zero-order chi connectivity index (χ0) is 11.4. The predicted molar refractivity (Wildman–Crippen MR) is 62.7 cm³/mol. The summed E-state index contributed by atoms with van der Waals surface area (Å²) in [5.74, 6) is 0.940. The standard InChI is InChI=1S/C13H14N2O/c1-10(7-14)8-15-9-12-6-11-4-2-3-5-13(11)16-12/h2-6,10,15H,8-9H2,1H3. The number of nitrogens with one attached hydrogen (secondary N) is 1. The van der Waals surface area contributed by atoms with Crippen LogP contribution >= 0.6 is 0 Å². The van der Waals surface area contributed by atoms with Crippen molar-refractivity contribution in [2.75, 3.05) is 6.54 Å². The van der Waals surface area contributed by atoms with E-state index >= 15 is 0 Å². The van der Waals surface area contributed by atoms with Gasteiger partial charge in [0.05, 0.1) is 18.5 Å². The maximum atomic E-state index is 8.63. The molecule has 2 rings (SSSR count). The Morgan fingerprint density at radius 1 is 1.44 bits per heavy atom. The highest BCUT2D eigenvalue weighted by molar-refractivity contribution is 5.77. The Morgan fingerprint density at radius 2 is 2.25 bits per heavy atom. The molecule has 1 aromatic carbocycles. The SMILES string of the molecule is CC(C#N)CNCc1cc2ccccc2o1. The van der Waals surface area contributed by atoms with Gasteiger partial charge in [0.25, 0.3) is 0 Å². The number of hydrogen-bond acceptors (Lipinski definition) is 3. The molecule has 1 atom stereocenters. The number of benzene rings is 1. The summed E-state index contributed by atoms with van der Waals surface area (Å²) < 4.78 is 5.64. The highest BCUT2D eigenvalue weighted by Gasteiger charge is 2.03. The molecule has 0 saturated carbocycles. The van der Waals surface area contributed by atoms with Gasteiger partial charge in [0, 0.05) is 11.9 Å². The molecule has 16 heavy (non-hydrogen) atoms. The van der Waals surface area contributed by atoms with Crippen LogP contribution in [-0.2, 0) is 6.54 Å². The van der Waals surface area contributed by atoms with Crippen molar-refractivity contribution >= 4 is 11.0 Å². The quantitative estimate of drug-likeness (QED) is 0.851. The second kappa shape index (κ2) is 4.82. The van der Waals surface area contributed by atoms with E-state index in [0.29, 0.717) is 13.1 Å². The topological polar surface area (TPSA) is 49.0 Å². The zero-order valence-electron chi connectivity index (χ0n) is 9.23. The van der Waals surface area contributed by atoms with Crippen LogP contribution in [-0.4, -0.2) is 6.54 Å². The number of nitrogens with zero attached hydrogens (tertiary/aromatic N) is 1. The Morgan fingerprint density at radius 3 is 3.00 bits per heavy atom. The van der Waals surface area contributed by atoms with Gasteiger partial charge in [-0.05, 0) is 19.1 Å². The first-order valence-corrected chi connectivity index (χ1v) is 5.37. The van der Waals surface area contributed by atoms with Crippen LogP contribution in [0.15, 0.2) is 34.7 Å². The highest BCUT2D eigenvalue weighted by Crippen LogP contribution is 2.18. The molecule has 2 aromatic rings. The Labute approximate surface area is 94.7 Å². The van der Waals surface area contributed by atoms with Crippen molar-refractivity contribution in [3.63, 3.8) is 0 Å². The van der Waals surface area contributed by atoms with Gasteiger partial charge in [-0.15, -0.1) is 0 Å². The molecule has 1 unspecified atom stereocenters. The van der Waals surface area contributed by atoms with Crippen molar-refractivity contribution in [1.29, 1.82) is 5.26 Å². The largest absolute Gasteiger partial charge is 0.460 e. The van der Waals surface area contributed by atoms with E-state index in [4.69, 9.17) is 9.68 Å². The van der Waals surface area contributed by atoms with Gasteiger partial charge >= 0.3 is 0 Å². The van der Waals surface area contributed by atoms with Crippen LogP contribution in [0.2, 0.25) is 0 Å². The molecule has 1 heterocycles. The number of para-hydroxylation sites is 1. The second-order valence-electron chi connectivity index (χ2n) is 3.91. The number of hydrogen-bond donors (Lipinski definition) is 1. The molecule has 0 spiro atoms. The average molecular weight is 214 g/mol. The third kappa shape index (κ3) is 2.41. The van der Waals surface area contributed by atoms with E-state index in [2.05, 4.69) is 11.4 Å². The van der Waals surface area contributed by atoms with E-state index < -0.39 is 0 Å². The van der Waals surface area contributed by atoms with Gasteiger partial charge < -0.3 is 9.73 Å². The molecule has 0 bridgehead atoms. The summed E-state index contributed by atoms with van der Waals surface area (Å²) in [6.07, 6.45) is 0. The minimum Gasteiger partial charge on any atom is -0.460 e. The Kier molecular flexibility index (Phi) is 3.23. The lowest BCUT2D eigenvalue weighted by molar-refractivity contribution is 0.500. The number of fused-ring (bicyclic) bond motifs is 1. The third-order valence-corrected chi connectivity index (χ3v) is 2.45. The minimum absolute atomic E-state index is 0.0318. The van der Waals surface area contributed by atoms with E-state index in [0.717, 1.165) is 16.7 Å². The normalized spacial score (nSPS) is 12.5. The predicted octanol–water partition coefficient (Wildman–Crippen LogP) is 2.68. The summed E-state index contributed by atoms with van der Waals surface area (Å²) in [5.41, 5.74) is 0.910. The fourth-order valence-electron chi connectivity index (χ4n) is 1.58. The van der Waals surface area contributed by atoms with Gasteiger partial charge in [-0.1, -0.05) is 18.2 Å². The maximum absolute atomic E-state index is 8.63. The fraction of sp³-hybridized carbons (Fsp3) is 0.308. The molecule has 0 aliphatic heterocycles. The van der Waals surface area contributed by atoms with Crippen molar-refractivity contribution in [1.82, 2.24) is 5.32 Å². The van der Waals surface area contributed by atoms with Gasteiger partial charge in [-0.25, -0.2) is 0 Å². The highest BCUT2D eigenvalue weighted by atomic mass is 16.3. The molecule has 0 fully saturated rings. The van der Waals surface area contributed by atoms with Crippen LogP contribution < -0.4 is 5.32 Å². The molecule has 1 aromatic heterocycles. The van der Waals surface area contributed by atoms with Crippen LogP contribution in [0, 0.1) is 17.2 Å². The van der Waals surface area contributed by atoms with E-state index in [1.807, 2.05) is 37.3 Å². The van der Waals surface area contributed by atoms with Crippen LogP contribution in [0.1, 0.15) is 12.7 Å². The van der Waals surface area contributed by atoms with E-state index in [9.17, 15) is 0 Å². The summed E-state index contributed by atoms with van der Waals surface area (Å²) in [5, 5.41) is 12.9. The van der Waals surface area contributed by atoms with Crippen molar-refractivity contribution in [3.8, 4) is 6.07 Å². The first-order chi connectivity index (χ1) is 7.79. The summed E-state index contributed by atoms with van der Waals surface area (Å²) in [4.78, 5) is 0.